The smallest absolute Gasteiger partial charge is 0.119 e. The van der Waals surface area contributed by atoms with Crippen LogP contribution in [0.4, 0.5) is 0 Å². The van der Waals surface area contributed by atoms with E-state index in [0.717, 1.165) is 30.7 Å². The van der Waals surface area contributed by atoms with Gasteiger partial charge in [-0.15, -0.1) is 0 Å². The maximum atomic E-state index is 9.12. The van der Waals surface area contributed by atoms with Crippen molar-refractivity contribution in [2.75, 3.05) is 13.2 Å². The van der Waals surface area contributed by atoms with Gasteiger partial charge in [0.15, 0.2) is 0 Å². The Morgan fingerprint density at radius 3 is 2.89 bits per heavy atom. The zero-order valence-corrected chi connectivity index (χ0v) is 11.6. The van der Waals surface area contributed by atoms with Crippen LogP contribution in [0.3, 0.4) is 0 Å². The summed E-state index contributed by atoms with van der Waals surface area (Å²) in [4.78, 5) is 0. The average molecular weight is 262 g/mol. The van der Waals surface area contributed by atoms with Crippen LogP contribution < -0.4 is 10.1 Å². The minimum absolute atomic E-state index is 0.0180. The van der Waals surface area contributed by atoms with Crippen molar-refractivity contribution < 1.29 is 9.84 Å². The number of hydrogen-bond acceptors (Lipinski definition) is 4. The fourth-order valence-corrected chi connectivity index (χ4v) is 1.92. The van der Waals surface area contributed by atoms with Gasteiger partial charge in [-0.2, -0.15) is 5.26 Å². The molecule has 1 atom stereocenters. The molecule has 1 aromatic rings. The quantitative estimate of drug-likeness (QED) is 0.705. The third kappa shape index (κ3) is 5.29. The zero-order chi connectivity index (χ0) is 14.1. The van der Waals surface area contributed by atoms with Crippen LogP contribution in [0.15, 0.2) is 24.3 Å². The Hall–Kier alpha value is -1.57. The third-order valence-corrected chi connectivity index (χ3v) is 2.98. The molecule has 1 unspecified atom stereocenters. The standard InChI is InChI=1S/C15H22N2O2/c1-3-17-15(2,12-16)8-5-9-19-14-7-4-6-13(10-14)11-18/h4,6-7,10,17-18H,3,5,8-9,11H2,1-2H3. The molecule has 0 aliphatic heterocycles. The van der Waals surface area contributed by atoms with Crippen molar-refractivity contribution in [3.8, 4) is 11.8 Å². The number of nitrogens with zero attached hydrogens (tertiary/aromatic N) is 1. The maximum absolute atomic E-state index is 9.12. The van der Waals surface area contributed by atoms with Gasteiger partial charge in [0.25, 0.3) is 0 Å². The summed E-state index contributed by atoms with van der Waals surface area (Å²) in [6.07, 6.45) is 1.55. The minimum atomic E-state index is -0.481. The molecule has 0 saturated heterocycles. The van der Waals surface area contributed by atoms with Crippen LogP contribution in [0, 0.1) is 11.3 Å². The molecule has 0 amide bonds. The predicted molar refractivity (Wildman–Crippen MR) is 74.8 cm³/mol. The molecule has 0 heterocycles. The summed E-state index contributed by atoms with van der Waals surface area (Å²) >= 11 is 0. The van der Waals surface area contributed by atoms with Gasteiger partial charge in [0.05, 0.1) is 19.3 Å². The molecule has 0 bridgehead atoms. The first-order valence-corrected chi connectivity index (χ1v) is 6.62. The Labute approximate surface area is 115 Å². The highest BCUT2D eigenvalue weighted by Gasteiger charge is 2.21. The average Bonchev–Trinajstić information content (AvgIpc) is 2.44. The fourth-order valence-electron chi connectivity index (χ4n) is 1.92. The number of benzene rings is 1. The summed E-state index contributed by atoms with van der Waals surface area (Å²) in [6, 6.07) is 9.70. The van der Waals surface area contributed by atoms with Crippen LogP contribution >= 0.6 is 0 Å². The molecule has 1 aromatic carbocycles. The lowest BCUT2D eigenvalue weighted by molar-refractivity contribution is 0.274. The lowest BCUT2D eigenvalue weighted by Crippen LogP contribution is -2.40. The van der Waals surface area contributed by atoms with Gasteiger partial charge < -0.3 is 9.84 Å². The van der Waals surface area contributed by atoms with Gasteiger partial charge in [0.2, 0.25) is 0 Å². The van der Waals surface area contributed by atoms with E-state index in [1.807, 2.05) is 38.1 Å². The van der Waals surface area contributed by atoms with Crippen molar-refractivity contribution in [1.29, 1.82) is 5.26 Å². The molecule has 0 spiro atoms. The minimum Gasteiger partial charge on any atom is -0.494 e. The third-order valence-electron chi connectivity index (χ3n) is 2.98. The number of ether oxygens (including phenoxy) is 1. The van der Waals surface area contributed by atoms with Crippen LogP contribution in [0.25, 0.3) is 0 Å². The van der Waals surface area contributed by atoms with Gasteiger partial charge in [-0.05, 0) is 44.0 Å². The molecule has 0 saturated carbocycles. The SMILES string of the molecule is CCNC(C)(C#N)CCCOc1cccc(CO)c1. The van der Waals surface area contributed by atoms with Gasteiger partial charge in [-0.1, -0.05) is 19.1 Å². The van der Waals surface area contributed by atoms with Crippen molar-refractivity contribution in [1.82, 2.24) is 5.32 Å². The van der Waals surface area contributed by atoms with Crippen molar-refractivity contribution in [3.63, 3.8) is 0 Å². The van der Waals surface area contributed by atoms with Crippen LogP contribution in [0.5, 0.6) is 5.75 Å². The first-order chi connectivity index (χ1) is 9.13. The Bertz CT molecular complexity index is 428. The van der Waals surface area contributed by atoms with Crippen LogP contribution in [-0.2, 0) is 6.61 Å². The van der Waals surface area contributed by atoms with Crippen LogP contribution in [0.1, 0.15) is 32.3 Å². The van der Waals surface area contributed by atoms with Crippen molar-refractivity contribution in [2.45, 2.75) is 38.8 Å². The molecule has 2 N–H and O–H groups in total. The van der Waals surface area contributed by atoms with Gasteiger partial charge in [0, 0.05) is 0 Å². The van der Waals surface area contributed by atoms with E-state index < -0.39 is 5.54 Å². The Morgan fingerprint density at radius 2 is 2.26 bits per heavy atom. The van der Waals surface area contributed by atoms with Gasteiger partial charge >= 0.3 is 0 Å². The number of rotatable bonds is 8. The molecule has 0 aromatic heterocycles. The number of nitrogens with one attached hydrogen (secondary N) is 1. The highest BCUT2D eigenvalue weighted by molar-refractivity contribution is 5.27. The summed E-state index contributed by atoms with van der Waals surface area (Å²) in [5.41, 5.74) is 0.359. The van der Waals surface area contributed by atoms with E-state index in [4.69, 9.17) is 15.1 Å². The summed E-state index contributed by atoms with van der Waals surface area (Å²) in [6.45, 7) is 5.26. The number of aliphatic hydroxyl groups excluding tert-OH is 1. The van der Waals surface area contributed by atoms with Crippen molar-refractivity contribution >= 4 is 0 Å². The fraction of sp³-hybridized carbons (Fsp3) is 0.533. The van der Waals surface area contributed by atoms with Crippen molar-refractivity contribution in [2.24, 2.45) is 0 Å². The summed E-state index contributed by atoms with van der Waals surface area (Å²) in [5.74, 6) is 0.758. The molecule has 0 aliphatic carbocycles. The second kappa shape index (κ2) is 7.78. The second-order valence-corrected chi connectivity index (χ2v) is 4.73. The van der Waals surface area contributed by atoms with Gasteiger partial charge in [0.1, 0.15) is 11.3 Å². The molecule has 4 nitrogen and oxygen atoms in total. The maximum Gasteiger partial charge on any atom is 0.119 e. The normalized spacial score (nSPS) is 13.6. The van der Waals surface area contributed by atoms with Crippen LogP contribution in [0.2, 0.25) is 0 Å². The lowest BCUT2D eigenvalue weighted by Gasteiger charge is -2.22. The Balaban J connectivity index is 2.36. The van der Waals surface area contributed by atoms with E-state index in [9.17, 15) is 0 Å². The van der Waals surface area contributed by atoms with Gasteiger partial charge in [-0.25, -0.2) is 0 Å². The van der Waals surface area contributed by atoms with Crippen LogP contribution in [-0.4, -0.2) is 23.8 Å². The molecule has 0 fully saturated rings. The van der Waals surface area contributed by atoms with E-state index in [1.54, 1.807) is 0 Å². The molecular weight excluding hydrogens is 240 g/mol. The number of nitriles is 1. The van der Waals surface area contributed by atoms with Crippen molar-refractivity contribution in [3.05, 3.63) is 29.8 Å². The number of hydrogen-bond donors (Lipinski definition) is 2. The molecule has 4 heteroatoms. The first-order valence-electron chi connectivity index (χ1n) is 6.62. The molecule has 19 heavy (non-hydrogen) atoms. The summed E-state index contributed by atoms with van der Waals surface area (Å²) < 4.78 is 5.62. The monoisotopic (exact) mass is 262 g/mol. The van der Waals surface area contributed by atoms with E-state index in [-0.39, 0.29) is 6.61 Å². The molecule has 0 radical (unpaired) electrons. The number of aliphatic hydroxyl groups is 1. The topological polar surface area (TPSA) is 65.3 Å². The predicted octanol–water partition coefficient (Wildman–Crippen LogP) is 2.23. The Morgan fingerprint density at radius 1 is 1.47 bits per heavy atom. The summed E-state index contributed by atoms with van der Waals surface area (Å²) in [7, 11) is 0. The first kappa shape index (κ1) is 15.5. The summed E-state index contributed by atoms with van der Waals surface area (Å²) in [5, 5.41) is 21.3. The second-order valence-electron chi connectivity index (χ2n) is 4.73. The zero-order valence-electron chi connectivity index (χ0n) is 11.6. The van der Waals surface area contributed by atoms with E-state index in [2.05, 4.69) is 11.4 Å². The van der Waals surface area contributed by atoms with E-state index in [1.165, 1.54) is 0 Å². The molecule has 0 aliphatic rings. The largest absolute Gasteiger partial charge is 0.494 e. The highest BCUT2D eigenvalue weighted by Crippen LogP contribution is 2.15. The van der Waals surface area contributed by atoms with E-state index in [0.29, 0.717) is 6.61 Å². The molecule has 104 valence electrons. The highest BCUT2D eigenvalue weighted by atomic mass is 16.5. The lowest BCUT2D eigenvalue weighted by atomic mass is 9.98. The van der Waals surface area contributed by atoms with Gasteiger partial charge in [-0.3, -0.25) is 5.32 Å². The van der Waals surface area contributed by atoms with E-state index >= 15 is 0 Å². The molecular formula is C15H22N2O2. The Kier molecular flexibility index (Phi) is 6.34. The molecule has 1 rings (SSSR count).